The number of aromatic nitrogens is 4. The molecular formula is C22H27N7O2. The number of nitrogens with zero attached hydrogens (tertiary/aromatic N) is 5. The van der Waals surface area contributed by atoms with Crippen LogP contribution >= 0.6 is 0 Å². The minimum atomic E-state index is -0.0775. The standard InChI is InChI=1S/C22H27N7O2/c1-16-5-7-17(8-6-16)24-21(30)12-11-20-26-25-19-10-9-18(27-29(19)20)23-13-3-15-28-14-2-4-22(28)31/h5-10H,2-4,11-15H2,1H3,(H,23,27)(H,24,30). The zero-order valence-electron chi connectivity index (χ0n) is 17.7. The van der Waals surface area contributed by atoms with E-state index >= 15 is 0 Å². The fraction of sp³-hybridized carbons (Fsp3) is 0.409. The van der Waals surface area contributed by atoms with Crippen LogP contribution in [0.3, 0.4) is 0 Å². The Hall–Kier alpha value is -3.49. The second-order valence-corrected chi connectivity index (χ2v) is 7.78. The molecule has 0 atom stereocenters. The van der Waals surface area contributed by atoms with Gasteiger partial charge in [0.1, 0.15) is 5.82 Å². The molecule has 9 nitrogen and oxygen atoms in total. The zero-order chi connectivity index (χ0) is 21.6. The van der Waals surface area contributed by atoms with E-state index in [-0.39, 0.29) is 18.2 Å². The van der Waals surface area contributed by atoms with Crippen molar-refractivity contribution in [3.8, 4) is 0 Å². The van der Waals surface area contributed by atoms with E-state index in [2.05, 4.69) is 25.9 Å². The molecule has 1 aliphatic heterocycles. The Morgan fingerprint density at radius 2 is 1.97 bits per heavy atom. The summed E-state index contributed by atoms with van der Waals surface area (Å²) < 4.78 is 1.67. The molecule has 162 valence electrons. The third kappa shape index (κ3) is 5.36. The van der Waals surface area contributed by atoms with Gasteiger partial charge in [-0.3, -0.25) is 9.59 Å². The first kappa shape index (κ1) is 20.8. The molecule has 2 N–H and O–H groups in total. The van der Waals surface area contributed by atoms with E-state index in [1.807, 2.05) is 48.2 Å². The smallest absolute Gasteiger partial charge is 0.224 e. The van der Waals surface area contributed by atoms with E-state index in [0.29, 0.717) is 30.1 Å². The summed E-state index contributed by atoms with van der Waals surface area (Å²) in [6.45, 7) is 4.36. The van der Waals surface area contributed by atoms with Crippen LogP contribution in [0.5, 0.6) is 0 Å². The van der Waals surface area contributed by atoms with Crippen LogP contribution in [-0.4, -0.2) is 56.2 Å². The molecule has 3 heterocycles. The number of benzene rings is 1. The topological polar surface area (TPSA) is 105 Å². The van der Waals surface area contributed by atoms with Gasteiger partial charge in [-0.15, -0.1) is 15.3 Å². The summed E-state index contributed by atoms with van der Waals surface area (Å²) in [5, 5.41) is 19.1. The van der Waals surface area contributed by atoms with Gasteiger partial charge in [0.2, 0.25) is 11.8 Å². The van der Waals surface area contributed by atoms with E-state index in [0.717, 1.165) is 43.7 Å². The normalized spacial score (nSPS) is 13.7. The van der Waals surface area contributed by atoms with E-state index in [1.165, 1.54) is 0 Å². The van der Waals surface area contributed by atoms with Crippen molar-refractivity contribution in [2.45, 2.75) is 39.0 Å². The summed E-state index contributed by atoms with van der Waals surface area (Å²) >= 11 is 0. The summed E-state index contributed by atoms with van der Waals surface area (Å²) in [7, 11) is 0. The number of hydrogen-bond acceptors (Lipinski definition) is 6. The van der Waals surface area contributed by atoms with Gasteiger partial charge < -0.3 is 15.5 Å². The Kier molecular flexibility index (Phi) is 6.40. The SMILES string of the molecule is Cc1ccc(NC(=O)CCc2nnc3ccc(NCCCN4CCCC4=O)nn23)cc1. The molecule has 0 aliphatic carbocycles. The minimum Gasteiger partial charge on any atom is -0.369 e. The summed E-state index contributed by atoms with van der Waals surface area (Å²) in [5.74, 6) is 1.53. The molecule has 4 rings (SSSR count). The lowest BCUT2D eigenvalue weighted by Crippen LogP contribution is -2.27. The van der Waals surface area contributed by atoms with E-state index < -0.39 is 0 Å². The molecule has 1 fully saturated rings. The Morgan fingerprint density at radius 3 is 2.74 bits per heavy atom. The summed E-state index contributed by atoms with van der Waals surface area (Å²) in [6.07, 6.45) is 3.22. The number of carbonyl (C=O) groups excluding carboxylic acids is 2. The van der Waals surface area contributed by atoms with Gasteiger partial charge in [0.15, 0.2) is 11.5 Å². The Labute approximate surface area is 180 Å². The maximum atomic E-state index is 12.3. The van der Waals surface area contributed by atoms with Crippen LogP contribution in [0, 0.1) is 6.92 Å². The summed E-state index contributed by atoms with van der Waals surface area (Å²) in [4.78, 5) is 25.9. The number of nitrogens with one attached hydrogen (secondary N) is 2. The fourth-order valence-electron chi connectivity index (χ4n) is 3.60. The van der Waals surface area contributed by atoms with Crippen LogP contribution in [0.25, 0.3) is 5.65 Å². The quantitative estimate of drug-likeness (QED) is 0.514. The van der Waals surface area contributed by atoms with Crippen molar-refractivity contribution in [2.75, 3.05) is 30.3 Å². The first-order chi connectivity index (χ1) is 15.1. The highest BCUT2D eigenvalue weighted by Gasteiger charge is 2.19. The van der Waals surface area contributed by atoms with Crippen molar-refractivity contribution in [2.24, 2.45) is 0 Å². The second kappa shape index (κ2) is 9.55. The molecule has 0 radical (unpaired) electrons. The van der Waals surface area contributed by atoms with Crippen molar-refractivity contribution in [3.63, 3.8) is 0 Å². The molecule has 1 aromatic carbocycles. The maximum Gasteiger partial charge on any atom is 0.224 e. The number of rotatable bonds is 9. The Morgan fingerprint density at radius 1 is 1.13 bits per heavy atom. The van der Waals surface area contributed by atoms with Gasteiger partial charge in [-0.25, -0.2) is 0 Å². The lowest BCUT2D eigenvalue weighted by molar-refractivity contribution is -0.127. The van der Waals surface area contributed by atoms with E-state index in [9.17, 15) is 9.59 Å². The summed E-state index contributed by atoms with van der Waals surface area (Å²) in [5.41, 5.74) is 2.57. The number of hydrogen-bond donors (Lipinski definition) is 2. The van der Waals surface area contributed by atoms with Crippen LogP contribution in [0.2, 0.25) is 0 Å². The van der Waals surface area contributed by atoms with Crippen molar-refractivity contribution < 1.29 is 9.59 Å². The average Bonchev–Trinajstić information content (AvgIpc) is 3.37. The number of amides is 2. The highest BCUT2D eigenvalue weighted by Crippen LogP contribution is 2.12. The molecule has 3 aromatic rings. The number of anilines is 2. The average molecular weight is 422 g/mol. The van der Waals surface area contributed by atoms with Gasteiger partial charge in [-0.05, 0) is 44.0 Å². The van der Waals surface area contributed by atoms with Crippen molar-refractivity contribution in [3.05, 3.63) is 47.8 Å². The van der Waals surface area contributed by atoms with Gasteiger partial charge in [0.25, 0.3) is 0 Å². The predicted molar refractivity (Wildman–Crippen MR) is 118 cm³/mol. The Balaban J connectivity index is 1.29. The molecule has 0 unspecified atom stereocenters. The molecule has 1 aliphatic rings. The molecule has 2 aromatic heterocycles. The van der Waals surface area contributed by atoms with E-state index in [1.54, 1.807) is 4.52 Å². The number of fused-ring (bicyclic) bond motifs is 1. The lowest BCUT2D eigenvalue weighted by atomic mass is 10.2. The summed E-state index contributed by atoms with van der Waals surface area (Å²) in [6, 6.07) is 11.4. The van der Waals surface area contributed by atoms with Gasteiger partial charge in [-0.2, -0.15) is 4.52 Å². The third-order valence-corrected chi connectivity index (χ3v) is 5.32. The number of likely N-dealkylation sites (tertiary alicyclic amines) is 1. The molecule has 0 spiro atoms. The third-order valence-electron chi connectivity index (χ3n) is 5.32. The lowest BCUT2D eigenvalue weighted by Gasteiger charge is -2.15. The largest absolute Gasteiger partial charge is 0.369 e. The van der Waals surface area contributed by atoms with Crippen molar-refractivity contribution in [1.29, 1.82) is 0 Å². The van der Waals surface area contributed by atoms with Crippen LogP contribution in [-0.2, 0) is 16.0 Å². The molecule has 0 bridgehead atoms. The van der Waals surface area contributed by atoms with Crippen LogP contribution < -0.4 is 10.6 Å². The molecule has 2 amide bonds. The highest BCUT2D eigenvalue weighted by atomic mass is 16.2. The molecule has 0 saturated carbocycles. The van der Waals surface area contributed by atoms with Gasteiger partial charge in [0.05, 0.1) is 0 Å². The Bertz CT molecular complexity index is 1060. The second-order valence-electron chi connectivity index (χ2n) is 7.78. The van der Waals surface area contributed by atoms with Crippen LogP contribution in [0.15, 0.2) is 36.4 Å². The maximum absolute atomic E-state index is 12.3. The predicted octanol–water partition coefficient (Wildman–Crippen LogP) is 2.43. The molecule has 31 heavy (non-hydrogen) atoms. The van der Waals surface area contributed by atoms with Gasteiger partial charge in [0, 0.05) is 44.6 Å². The monoisotopic (exact) mass is 421 g/mol. The zero-order valence-corrected chi connectivity index (χ0v) is 17.7. The fourth-order valence-corrected chi connectivity index (χ4v) is 3.60. The number of aryl methyl sites for hydroxylation is 2. The minimum absolute atomic E-state index is 0.0775. The van der Waals surface area contributed by atoms with Gasteiger partial charge >= 0.3 is 0 Å². The number of carbonyl (C=O) groups is 2. The van der Waals surface area contributed by atoms with Crippen molar-refractivity contribution >= 4 is 29.0 Å². The first-order valence-electron chi connectivity index (χ1n) is 10.7. The highest BCUT2D eigenvalue weighted by molar-refractivity contribution is 5.90. The molecule has 1 saturated heterocycles. The molecule has 9 heteroatoms. The van der Waals surface area contributed by atoms with E-state index in [4.69, 9.17) is 0 Å². The van der Waals surface area contributed by atoms with Crippen molar-refractivity contribution in [1.82, 2.24) is 24.7 Å². The van der Waals surface area contributed by atoms with Crippen LogP contribution in [0.1, 0.15) is 37.1 Å². The van der Waals surface area contributed by atoms with Crippen LogP contribution in [0.4, 0.5) is 11.5 Å². The van der Waals surface area contributed by atoms with Gasteiger partial charge in [-0.1, -0.05) is 17.7 Å². The molecular weight excluding hydrogens is 394 g/mol. The first-order valence-corrected chi connectivity index (χ1v) is 10.7.